The fourth-order valence-electron chi connectivity index (χ4n) is 3.43. The molecular weight excluding hydrogens is 402 g/mol. The number of nitrogens with zero attached hydrogens (tertiary/aromatic N) is 2. The fourth-order valence-corrected chi connectivity index (χ4v) is 4.30. The summed E-state index contributed by atoms with van der Waals surface area (Å²) in [6, 6.07) is 16.3. The van der Waals surface area contributed by atoms with Gasteiger partial charge in [0.15, 0.2) is 0 Å². The highest BCUT2D eigenvalue weighted by Crippen LogP contribution is 2.19. The van der Waals surface area contributed by atoms with E-state index in [0.29, 0.717) is 36.5 Å². The topological polar surface area (TPSA) is 99.5 Å². The van der Waals surface area contributed by atoms with Gasteiger partial charge in [-0.15, -0.1) is 0 Å². The average molecular weight is 428 g/mol. The van der Waals surface area contributed by atoms with Crippen LogP contribution in [0.5, 0.6) is 5.75 Å². The van der Waals surface area contributed by atoms with Gasteiger partial charge in [0, 0.05) is 30.8 Å². The lowest BCUT2D eigenvalue weighted by molar-refractivity contribution is 0.0941. The smallest absolute Gasteiger partial charge is 0.251 e. The van der Waals surface area contributed by atoms with Crippen molar-refractivity contribution in [2.24, 2.45) is 5.92 Å². The molecule has 3 rings (SSSR count). The second-order valence-corrected chi connectivity index (χ2v) is 9.38. The van der Waals surface area contributed by atoms with Crippen LogP contribution >= 0.6 is 0 Å². The van der Waals surface area contributed by atoms with Crippen LogP contribution < -0.4 is 10.1 Å². The van der Waals surface area contributed by atoms with E-state index in [1.807, 2.05) is 12.1 Å². The van der Waals surface area contributed by atoms with E-state index >= 15 is 0 Å². The summed E-state index contributed by atoms with van der Waals surface area (Å²) < 4.78 is 30.4. The molecule has 1 amide bonds. The van der Waals surface area contributed by atoms with Gasteiger partial charge in [0.25, 0.3) is 5.91 Å². The van der Waals surface area contributed by atoms with E-state index < -0.39 is 10.0 Å². The Morgan fingerprint density at radius 2 is 1.93 bits per heavy atom. The molecule has 2 aromatic carbocycles. The van der Waals surface area contributed by atoms with Crippen LogP contribution in [-0.4, -0.2) is 44.5 Å². The largest absolute Gasteiger partial charge is 0.489 e. The van der Waals surface area contributed by atoms with Crippen LogP contribution in [0.15, 0.2) is 48.5 Å². The number of carbonyl (C=O) groups is 1. The highest BCUT2D eigenvalue weighted by molar-refractivity contribution is 7.88. The standard InChI is InChI=1S/C22H25N3O4S/c1-30(27,28)25-11-9-17(10-12-25)15-24-22(26)18-7-4-8-21(13-18)29-16-20-6-3-2-5-19(20)14-23/h2-8,13,17H,9-12,15-16H2,1H3,(H,24,26). The zero-order valence-electron chi connectivity index (χ0n) is 16.9. The summed E-state index contributed by atoms with van der Waals surface area (Å²) in [4.78, 5) is 12.5. The number of carbonyl (C=O) groups excluding carboxylic acids is 1. The van der Waals surface area contributed by atoms with E-state index in [9.17, 15) is 13.2 Å². The molecule has 1 aliphatic heterocycles. The van der Waals surface area contributed by atoms with Gasteiger partial charge in [-0.3, -0.25) is 4.79 Å². The van der Waals surface area contributed by atoms with E-state index in [-0.39, 0.29) is 18.4 Å². The van der Waals surface area contributed by atoms with Crippen molar-refractivity contribution in [2.75, 3.05) is 25.9 Å². The van der Waals surface area contributed by atoms with Gasteiger partial charge in [-0.25, -0.2) is 12.7 Å². The Labute approximate surface area is 177 Å². The Hall–Kier alpha value is -2.89. The minimum Gasteiger partial charge on any atom is -0.489 e. The Kier molecular flexibility index (Phi) is 7.08. The Bertz CT molecular complexity index is 1040. The van der Waals surface area contributed by atoms with Crippen molar-refractivity contribution < 1.29 is 17.9 Å². The zero-order chi connectivity index (χ0) is 21.6. The molecule has 0 aliphatic carbocycles. The van der Waals surface area contributed by atoms with Gasteiger partial charge in [-0.2, -0.15) is 5.26 Å². The Balaban J connectivity index is 1.52. The highest BCUT2D eigenvalue weighted by Gasteiger charge is 2.25. The van der Waals surface area contributed by atoms with E-state index in [1.165, 1.54) is 10.6 Å². The lowest BCUT2D eigenvalue weighted by atomic mass is 9.98. The van der Waals surface area contributed by atoms with Crippen LogP contribution in [0.2, 0.25) is 0 Å². The van der Waals surface area contributed by atoms with Crippen LogP contribution in [0.4, 0.5) is 0 Å². The van der Waals surface area contributed by atoms with Gasteiger partial charge in [0.1, 0.15) is 12.4 Å². The first-order chi connectivity index (χ1) is 14.4. The van der Waals surface area contributed by atoms with E-state index in [2.05, 4.69) is 11.4 Å². The second-order valence-electron chi connectivity index (χ2n) is 7.40. The molecule has 0 radical (unpaired) electrons. The number of piperidine rings is 1. The number of hydrogen-bond acceptors (Lipinski definition) is 5. The summed E-state index contributed by atoms with van der Waals surface area (Å²) in [6.07, 6.45) is 2.69. The van der Waals surface area contributed by atoms with Crippen molar-refractivity contribution in [3.63, 3.8) is 0 Å². The maximum atomic E-state index is 12.5. The van der Waals surface area contributed by atoms with Crippen molar-refractivity contribution in [1.29, 1.82) is 5.26 Å². The molecule has 8 heteroatoms. The van der Waals surface area contributed by atoms with E-state index in [1.54, 1.807) is 36.4 Å². The highest BCUT2D eigenvalue weighted by atomic mass is 32.2. The van der Waals surface area contributed by atoms with Crippen molar-refractivity contribution in [3.8, 4) is 11.8 Å². The molecule has 0 bridgehead atoms. The quantitative estimate of drug-likeness (QED) is 0.732. The van der Waals surface area contributed by atoms with Crippen LogP contribution in [0.3, 0.4) is 0 Å². The van der Waals surface area contributed by atoms with Gasteiger partial charge >= 0.3 is 0 Å². The normalized spacial score (nSPS) is 15.3. The lowest BCUT2D eigenvalue weighted by Gasteiger charge is -2.30. The molecule has 30 heavy (non-hydrogen) atoms. The Morgan fingerprint density at radius 1 is 1.20 bits per heavy atom. The molecule has 1 aliphatic rings. The van der Waals surface area contributed by atoms with Crippen molar-refractivity contribution in [1.82, 2.24) is 9.62 Å². The zero-order valence-corrected chi connectivity index (χ0v) is 17.7. The molecule has 1 N–H and O–H groups in total. The average Bonchev–Trinajstić information content (AvgIpc) is 2.76. The summed E-state index contributed by atoms with van der Waals surface area (Å²) in [7, 11) is -3.14. The number of hydrogen-bond donors (Lipinski definition) is 1. The lowest BCUT2D eigenvalue weighted by Crippen LogP contribution is -2.41. The molecule has 7 nitrogen and oxygen atoms in total. The van der Waals surface area contributed by atoms with Gasteiger partial charge < -0.3 is 10.1 Å². The van der Waals surface area contributed by atoms with Gasteiger partial charge in [0.2, 0.25) is 10.0 Å². The molecule has 0 atom stereocenters. The van der Waals surface area contributed by atoms with Crippen LogP contribution in [0.25, 0.3) is 0 Å². The van der Waals surface area contributed by atoms with Gasteiger partial charge in [-0.1, -0.05) is 24.3 Å². The molecule has 0 spiro atoms. The summed E-state index contributed by atoms with van der Waals surface area (Å²) in [5.41, 5.74) is 1.85. The molecule has 1 saturated heterocycles. The minimum atomic E-state index is -3.14. The van der Waals surface area contributed by atoms with Gasteiger partial charge in [0.05, 0.1) is 17.9 Å². The Morgan fingerprint density at radius 3 is 2.63 bits per heavy atom. The predicted octanol–water partition coefficient (Wildman–Crippen LogP) is 2.54. The third-order valence-electron chi connectivity index (χ3n) is 5.22. The summed E-state index contributed by atoms with van der Waals surface area (Å²) in [5, 5.41) is 12.1. The molecule has 1 fully saturated rings. The maximum Gasteiger partial charge on any atom is 0.251 e. The summed E-state index contributed by atoms with van der Waals surface area (Å²) in [5.74, 6) is 0.620. The fraction of sp³-hybridized carbons (Fsp3) is 0.364. The molecular formula is C22H25N3O4S. The van der Waals surface area contributed by atoms with Crippen LogP contribution in [0, 0.1) is 17.2 Å². The van der Waals surface area contributed by atoms with Crippen molar-refractivity contribution >= 4 is 15.9 Å². The van der Waals surface area contributed by atoms with E-state index in [0.717, 1.165) is 18.4 Å². The summed E-state index contributed by atoms with van der Waals surface area (Å²) in [6.45, 7) is 1.74. The molecule has 158 valence electrons. The SMILES string of the molecule is CS(=O)(=O)N1CCC(CNC(=O)c2cccc(OCc3ccccc3C#N)c2)CC1. The molecule has 2 aromatic rings. The number of ether oxygens (including phenoxy) is 1. The van der Waals surface area contributed by atoms with Gasteiger partial charge in [-0.05, 0) is 43.0 Å². The number of benzene rings is 2. The van der Waals surface area contributed by atoms with Crippen LogP contribution in [-0.2, 0) is 16.6 Å². The first-order valence-corrected chi connectivity index (χ1v) is 11.7. The number of nitrogens with one attached hydrogen (secondary N) is 1. The predicted molar refractivity (Wildman–Crippen MR) is 113 cm³/mol. The summed E-state index contributed by atoms with van der Waals surface area (Å²) >= 11 is 0. The minimum absolute atomic E-state index is 0.191. The third kappa shape index (κ3) is 5.81. The number of sulfonamides is 1. The number of rotatable bonds is 7. The monoisotopic (exact) mass is 427 g/mol. The molecule has 1 heterocycles. The van der Waals surface area contributed by atoms with Crippen molar-refractivity contribution in [3.05, 3.63) is 65.2 Å². The number of nitriles is 1. The molecule has 0 aromatic heterocycles. The maximum absolute atomic E-state index is 12.5. The van der Waals surface area contributed by atoms with Crippen molar-refractivity contribution in [2.45, 2.75) is 19.4 Å². The number of amides is 1. The van der Waals surface area contributed by atoms with Crippen LogP contribution in [0.1, 0.15) is 34.3 Å². The molecule has 0 saturated carbocycles. The first-order valence-electron chi connectivity index (χ1n) is 9.81. The van der Waals surface area contributed by atoms with E-state index in [4.69, 9.17) is 10.00 Å². The first kappa shape index (κ1) is 21.8. The molecule has 0 unspecified atom stereocenters. The third-order valence-corrected chi connectivity index (χ3v) is 6.53. The second kappa shape index (κ2) is 9.74.